The number of alkyl carbamates (subject to hydrolysis) is 1. The molecule has 0 spiro atoms. The monoisotopic (exact) mass is 678 g/mol. The molecule has 0 aliphatic carbocycles. The van der Waals surface area contributed by atoms with Crippen molar-refractivity contribution in [3.63, 3.8) is 0 Å². The van der Waals surface area contributed by atoms with Crippen molar-refractivity contribution >= 4 is 17.7 Å². The number of alkyl halides is 3. The lowest BCUT2D eigenvalue weighted by Crippen LogP contribution is -2.50. The fourth-order valence-electron chi connectivity index (χ4n) is 5.28. The summed E-state index contributed by atoms with van der Waals surface area (Å²) in [5.41, 5.74) is -3.39. The van der Waals surface area contributed by atoms with Gasteiger partial charge in [-0.25, -0.2) is 22.4 Å². The molecular weight excluding hydrogens is 644 g/mol. The zero-order valence-electron chi connectivity index (χ0n) is 27.6. The number of nitrogens with one attached hydrogen (secondary N) is 1. The van der Waals surface area contributed by atoms with Crippen LogP contribution in [-0.2, 0) is 27.2 Å². The molecule has 0 saturated carbocycles. The van der Waals surface area contributed by atoms with Crippen LogP contribution in [0.4, 0.5) is 28.0 Å². The molecule has 1 aliphatic heterocycles. The van der Waals surface area contributed by atoms with Crippen molar-refractivity contribution in [2.75, 3.05) is 4.90 Å². The number of carbonyl (C=O) groups is 2. The number of halogens is 4. The summed E-state index contributed by atoms with van der Waals surface area (Å²) in [4.78, 5) is 32.3. The lowest BCUT2D eigenvalue weighted by molar-refractivity contribution is -0.121. The molecule has 49 heavy (non-hydrogen) atoms. The normalized spacial score (nSPS) is 18.1. The van der Waals surface area contributed by atoms with Crippen molar-refractivity contribution in [2.24, 2.45) is 0 Å². The van der Waals surface area contributed by atoms with Gasteiger partial charge < -0.3 is 19.4 Å². The van der Waals surface area contributed by atoms with E-state index in [1.54, 1.807) is 58.9 Å². The second kappa shape index (κ2) is 12.9. The van der Waals surface area contributed by atoms with Crippen LogP contribution in [0.25, 0.3) is 22.7 Å². The number of carbonyl (C=O) groups excluding carboxylic acids is 2. The first kappa shape index (κ1) is 35.0. The van der Waals surface area contributed by atoms with Crippen LogP contribution in [0, 0.1) is 17.1 Å². The van der Waals surface area contributed by atoms with Gasteiger partial charge in [-0.05, 0) is 71.4 Å². The van der Waals surface area contributed by atoms with E-state index >= 15 is 8.78 Å². The summed E-state index contributed by atoms with van der Waals surface area (Å²) in [6, 6.07) is 12.3. The largest absolute Gasteiger partial charge is 0.444 e. The standard InChI is InChI=1S/C35H34F4N6O4/c1-33(2,3)49-32(47)42-26-15-35(6,39)23-14-24(36)22(29-43-44-31(48-29)34(4,5)18-40)13-27(23)45(30(26)46)17-19-7-9-20(10-8-19)25-12-11-21(16-41-25)28(37)38/h7-14,16,26,28H,15,17H2,1-6H3,(H,42,47)/t26-,35?/m0/s1. The maximum absolute atomic E-state index is 16.6. The van der Waals surface area contributed by atoms with Crippen molar-refractivity contribution in [1.82, 2.24) is 20.5 Å². The molecule has 0 bridgehead atoms. The molecule has 2 aromatic carbocycles. The van der Waals surface area contributed by atoms with Crippen molar-refractivity contribution in [1.29, 1.82) is 5.26 Å². The van der Waals surface area contributed by atoms with Gasteiger partial charge in [0, 0.05) is 29.3 Å². The molecule has 1 unspecified atom stereocenters. The number of aromatic nitrogens is 3. The molecule has 3 heterocycles. The maximum Gasteiger partial charge on any atom is 0.408 e. The van der Waals surface area contributed by atoms with Crippen LogP contribution >= 0.6 is 0 Å². The van der Waals surface area contributed by atoms with Gasteiger partial charge in [0.05, 0.1) is 29.6 Å². The molecule has 4 aromatic rings. The summed E-state index contributed by atoms with van der Waals surface area (Å²) in [6.45, 7) is 9.05. The zero-order valence-corrected chi connectivity index (χ0v) is 27.6. The van der Waals surface area contributed by atoms with Crippen LogP contribution in [0.3, 0.4) is 0 Å². The highest BCUT2D eigenvalue weighted by molar-refractivity contribution is 6.01. The Kier molecular flexibility index (Phi) is 9.25. The van der Waals surface area contributed by atoms with Crippen LogP contribution in [0.15, 0.2) is 59.1 Å². The van der Waals surface area contributed by atoms with E-state index in [1.807, 2.05) is 6.07 Å². The minimum atomic E-state index is -2.65. The minimum absolute atomic E-state index is 0.00693. The van der Waals surface area contributed by atoms with Crippen LogP contribution < -0.4 is 10.2 Å². The lowest BCUT2D eigenvalue weighted by Gasteiger charge is -2.27. The molecule has 0 saturated heterocycles. The number of amides is 2. The zero-order chi connectivity index (χ0) is 35.9. The van der Waals surface area contributed by atoms with E-state index in [0.717, 1.165) is 12.3 Å². The number of nitriles is 1. The Labute approximate surface area is 280 Å². The first-order chi connectivity index (χ1) is 22.9. The molecular formula is C35H34F4N6O4. The Morgan fingerprint density at radius 1 is 1.14 bits per heavy atom. The van der Waals surface area contributed by atoms with Gasteiger partial charge in [-0.15, -0.1) is 10.2 Å². The molecule has 2 atom stereocenters. The highest BCUT2D eigenvalue weighted by Gasteiger charge is 2.44. The van der Waals surface area contributed by atoms with Gasteiger partial charge in [-0.1, -0.05) is 24.3 Å². The second-order valence-corrected chi connectivity index (χ2v) is 13.5. The van der Waals surface area contributed by atoms with E-state index in [4.69, 9.17) is 9.15 Å². The average molecular weight is 679 g/mol. The van der Waals surface area contributed by atoms with E-state index in [2.05, 4.69) is 20.5 Å². The van der Waals surface area contributed by atoms with Crippen molar-refractivity contribution in [3.8, 4) is 28.8 Å². The summed E-state index contributed by atoms with van der Waals surface area (Å²) >= 11 is 0. The van der Waals surface area contributed by atoms with Crippen LogP contribution in [0.5, 0.6) is 0 Å². The third kappa shape index (κ3) is 7.56. The van der Waals surface area contributed by atoms with Crippen molar-refractivity contribution in [2.45, 2.75) is 83.7 Å². The third-order valence-corrected chi connectivity index (χ3v) is 7.88. The number of hydrogen-bond donors (Lipinski definition) is 1. The second-order valence-electron chi connectivity index (χ2n) is 13.5. The summed E-state index contributed by atoms with van der Waals surface area (Å²) in [5, 5.41) is 19.8. The SMILES string of the molecule is CC(C)(C)OC(=O)N[C@H]1CC(C)(F)c2cc(F)c(-c3nnc(C(C)(C)C#N)o3)cc2N(Cc2ccc(-c3ccc(C(F)F)cn3)cc2)C1=O. The lowest BCUT2D eigenvalue weighted by atomic mass is 9.90. The number of fused-ring (bicyclic) bond motifs is 1. The quantitative estimate of drug-likeness (QED) is 0.197. The number of pyridine rings is 1. The number of hydrogen-bond acceptors (Lipinski definition) is 8. The smallest absolute Gasteiger partial charge is 0.408 e. The van der Waals surface area contributed by atoms with Gasteiger partial charge in [0.15, 0.2) is 0 Å². The number of anilines is 1. The first-order valence-corrected chi connectivity index (χ1v) is 15.3. The van der Waals surface area contributed by atoms with E-state index in [1.165, 1.54) is 30.0 Å². The molecule has 14 heteroatoms. The van der Waals surface area contributed by atoms with E-state index in [0.29, 0.717) is 16.8 Å². The Morgan fingerprint density at radius 3 is 2.43 bits per heavy atom. The Morgan fingerprint density at radius 2 is 1.84 bits per heavy atom. The molecule has 0 radical (unpaired) electrons. The Bertz CT molecular complexity index is 1910. The van der Waals surface area contributed by atoms with Crippen molar-refractivity contribution in [3.05, 3.63) is 83.1 Å². The topological polar surface area (TPSA) is 134 Å². The predicted molar refractivity (Wildman–Crippen MR) is 170 cm³/mol. The predicted octanol–water partition coefficient (Wildman–Crippen LogP) is 7.69. The summed E-state index contributed by atoms with van der Waals surface area (Å²) in [7, 11) is 0. The maximum atomic E-state index is 16.6. The van der Waals surface area contributed by atoms with Crippen molar-refractivity contribution < 1.29 is 36.3 Å². The highest BCUT2D eigenvalue weighted by atomic mass is 19.3. The van der Waals surface area contributed by atoms with Crippen LogP contribution in [0.2, 0.25) is 0 Å². The van der Waals surface area contributed by atoms with Gasteiger partial charge in [0.2, 0.25) is 11.8 Å². The highest BCUT2D eigenvalue weighted by Crippen LogP contribution is 2.44. The number of ether oxygens (including phenoxy) is 1. The van der Waals surface area contributed by atoms with Gasteiger partial charge in [0.1, 0.15) is 28.5 Å². The van der Waals surface area contributed by atoms with Gasteiger partial charge in [-0.2, -0.15) is 5.26 Å². The first-order valence-electron chi connectivity index (χ1n) is 15.3. The number of rotatable bonds is 7. The van der Waals surface area contributed by atoms with E-state index in [9.17, 15) is 23.6 Å². The molecule has 2 aromatic heterocycles. The fraction of sp³-hybridized carbons (Fsp3) is 0.371. The molecule has 1 N–H and O–H groups in total. The molecule has 256 valence electrons. The molecule has 10 nitrogen and oxygen atoms in total. The number of benzene rings is 2. The van der Waals surface area contributed by atoms with Gasteiger partial charge in [-0.3, -0.25) is 9.78 Å². The summed E-state index contributed by atoms with van der Waals surface area (Å²) in [5.74, 6) is -1.96. The Hall–Kier alpha value is -5.32. The molecule has 2 amide bonds. The van der Waals surface area contributed by atoms with Crippen LogP contribution in [0.1, 0.15) is 77.0 Å². The average Bonchev–Trinajstić information content (AvgIpc) is 3.51. The van der Waals surface area contributed by atoms with Gasteiger partial charge >= 0.3 is 6.09 Å². The minimum Gasteiger partial charge on any atom is -0.444 e. The molecule has 5 rings (SSSR count). The van der Waals surface area contributed by atoms with E-state index < -0.39 is 53.4 Å². The van der Waals surface area contributed by atoms with Gasteiger partial charge in [0.25, 0.3) is 12.3 Å². The van der Waals surface area contributed by atoms with Crippen LogP contribution in [-0.4, -0.2) is 38.8 Å². The van der Waals surface area contributed by atoms with E-state index in [-0.39, 0.29) is 40.7 Å². The molecule has 0 fully saturated rings. The summed E-state index contributed by atoms with van der Waals surface area (Å²) in [6.07, 6.45) is -3.03. The Balaban J connectivity index is 1.57. The third-order valence-electron chi connectivity index (χ3n) is 7.88. The fourth-order valence-corrected chi connectivity index (χ4v) is 5.28. The molecule has 1 aliphatic rings. The number of nitrogens with zero attached hydrogens (tertiary/aromatic N) is 5. The summed E-state index contributed by atoms with van der Waals surface area (Å²) < 4.78 is 69.3.